The van der Waals surface area contributed by atoms with Gasteiger partial charge in [-0.05, 0) is 18.8 Å². The van der Waals surface area contributed by atoms with E-state index in [1.54, 1.807) is 11.3 Å². The van der Waals surface area contributed by atoms with Crippen LogP contribution in [0.3, 0.4) is 0 Å². The summed E-state index contributed by atoms with van der Waals surface area (Å²) in [5.74, 6) is 2.15. The van der Waals surface area contributed by atoms with Crippen molar-refractivity contribution in [1.29, 1.82) is 0 Å². The van der Waals surface area contributed by atoms with Crippen LogP contribution < -0.4 is 5.32 Å². The van der Waals surface area contributed by atoms with Crippen molar-refractivity contribution in [3.05, 3.63) is 27.8 Å². The fourth-order valence-electron chi connectivity index (χ4n) is 3.06. The van der Waals surface area contributed by atoms with Crippen LogP contribution in [0.4, 0.5) is 0 Å². The van der Waals surface area contributed by atoms with E-state index in [1.807, 2.05) is 0 Å². The van der Waals surface area contributed by atoms with E-state index in [4.69, 9.17) is 14.2 Å². The minimum Gasteiger partial charge on any atom is -0.381 e. The summed E-state index contributed by atoms with van der Waals surface area (Å²) in [6.45, 7) is 13.0. The molecule has 0 unspecified atom stereocenters. The zero-order valence-corrected chi connectivity index (χ0v) is 17.2. The molecule has 1 N–H and O–H groups in total. The highest BCUT2D eigenvalue weighted by Gasteiger charge is 2.30. The summed E-state index contributed by atoms with van der Waals surface area (Å²) in [4.78, 5) is 9.43. The molecule has 2 aromatic rings. The van der Waals surface area contributed by atoms with Crippen LogP contribution in [0.2, 0.25) is 0 Å². The second-order valence-corrected chi connectivity index (χ2v) is 9.21. The van der Waals surface area contributed by atoms with E-state index in [-0.39, 0.29) is 17.4 Å². The summed E-state index contributed by atoms with van der Waals surface area (Å²) >= 11 is 1.73. The Bertz CT molecular complexity index is 698. The molecule has 1 aliphatic rings. The third-order valence-electron chi connectivity index (χ3n) is 4.67. The molecule has 7 heteroatoms. The molecule has 1 fully saturated rings. The highest BCUT2D eigenvalue weighted by Crippen LogP contribution is 2.31. The van der Waals surface area contributed by atoms with Gasteiger partial charge in [0.1, 0.15) is 0 Å². The Balaban J connectivity index is 1.73. The molecule has 6 nitrogen and oxygen atoms in total. The van der Waals surface area contributed by atoms with Gasteiger partial charge >= 0.3 is 0 Å². The number of hydrogen-bond donors (Lipinski definition) is 1. The maximum absolute atomic E-state index is 5.61. The Labute approximate surface area is 159 Å². The second-order valence-electron chi connectivity index (χ2n) is 8.35. The maximum Gasteiger partial charge on any atom is 0.244 e. The highest BCUT2D eigenvalue weighted by molar-refractivity contribution is 7.09. The summed E-state index contributed by atoms with van der Waals surface area (Å²) in [6, 6.07) is 0.0405. The van der Waals surface area contributed by atoms with E-state index < -0.39 is 0 Å². The Morgan fingerprint density at radius 1 is 1.23 bits per heavy atom. The van der Waals surface area contributed by atoms with E-state index in [1.165, 1.54) is 0 Å². The van der Waals surface area contributed by atoms with Crippen molar-refractivity contribution < 1.29 is 9.26 Å². The summed E-state index contributed by atoms with van der Waals surface area (Å²) in [5.41, 5.74) is 1.15. The Kier molecular flexibility index (Phi) is 6.10. The summed E-state index contributed by atoms with van der Waals surface area (Å²) < 4.78 is 11.1. The lowest BCUT2D eigenvalue weighted by Gasteiger charge is -2.28. The first kappa shape index (κ1) is 19.5. The van der Waals surface area contributed by atoms with E-state index in [9.17, 15) is 0 Å². The van der Waals surface area contributed by atoms with Crippen LogP contribution in [0.25, 0.3) is 0 Å². The molecule has 0 aromatic carbocycles. The topological polar surface area (TPSA) is 73.1 Å². The van der Waals surface area contributed by atoms with Crippen molar-refractivity contribution >= 4 is 11.3 Å². The summed E-state index contributed by atoms with van der Waals surface area (Å²) in [6.07, 6.45) is 2.00. The first-order chi connectivity index (χ1) is 12.3. The van der Waals surface area contributed by atoms with Gasteiger partial charge in [0.2, 0.25) is 5.89 Å². The third kappa shape index (κ3) is 4.69. The summed E-state index contributed by atoms with van der Waals surface area (Å²) in [5, 5.41) is 11.1. The molecule has 0 spiro atoms. The molecule has 2 aromatic heterocycles. The Morgan fingerprint density at radius 2 is 1.96 bits per heavy atom. The van der Waals surface area contributed by atoms with Crippen LogP contribution in [0.1, 0.15) is 81.8 Å². The van der Waals surface area contributed by atoms with Gasteiger partial charge < -0.3 is 9.26 Å². The molecule has 1 aliphatic heterocycles. The van der Waals surface area contributed by atoms with Gasteiger partial charge in [-0.1, -0.05) is 39.8 Å². The highest BCUT2D eigenvalue weighted by atomic mass is 32.1. The molecule has 26 heavy (non-hydrogen) atoms. The first-order valence-electron chi connectivity index (χ1n) is 9.44. The molecule has 0 bridgehead atoms. The van der Waals surface area contributed by atoms with Gasteiger partial charge in [0.25, 0.3) is 0 Å². The zero-order chi connectivity index (χ0) is 18.7. The number of thiazole rings is 1. The lowest BCUT2D eigenvalue weighted by atomic mass is 9.91. The molecule has 3 heterocycles. The number of nitrogens with zero attached hydrogens (tertiary/aromatic N) is 3. The minimum absolute atomic E-state index is 0.0405. The Hall–Kier alpha value is -1.31. The van der Waals surface area contributed by atoms with E-state index in [2.05, 4.69) is 55.5 Å². The molecule has 1 saturated heterocycles. The zero-order valence-electron chi connectivity index (χ0n) is 16.4. The van der Waals surface area contributed by atoms with Crippen LogP contribution in [0, 0.1) is 5.92 Å². The standard InChI is InChI=1S/C19H30N4O2S/c1-12(2)16-22-17(25-23-16)15(13-6-8-24-9-7-13)20-10-14-11-26-18(21-14)19(3,4)5/h11-13,15,20H,6-10H2,1-5H3/t15-/m1/s1. The molecule has 0 amide bonds. The van der Waals surface area contributed by atoms with Crippen LogP contribution in [-0.4, -0.2) is 28.3 Å². The van der Waals surface area contributed by atoms with Crippen molar-refractivity contribution in [2.75, 3.05) is 13.2 Å². The Morgan fingerprint density at radius 3 is 2.54 bits per heavy atom. The van der Waals surface area contributed by atoms with Crippen LogP contribution in [0.15, 0.2) is 9.90 Å². The molecular formula is C19H30N4O2S. The fourth-order valence-corrected chi connectivity index (χ4v) is 3.97. The predicted octanol–water partition coefficient (Wildman–Crippen LogP) is 4.20. The van der Waals surface area contributed by atoms with Gasteiger partial charge in [0.05, 0.1) is 16.7 Å². The van der Waals surface area contributed by atoms with Gasteiger partial charge in [0.15, 0.2) is 5.82 Å². The fraction of sp³-hybridized carbons (Fsp3) is 0.737. The number of nitrogens with one attached hydrogen (secondary N) is 1. The number of ether oxygens (including phenoxy) is 1. The van der Waals surface area contributed by atoms with Gasteiger partial charge in [-0.25, -0.2) is 4.98 Å². The third-order valence-corrected chi connectivity index (χ3v) is 5.99. The van der Waals surface area contributed by atoms with E-state index in [0.717, 1.165) is 42.6 Å². The number of rotatable bonds is 6. The van der Waals surface area contributed by atoms with Gasteiger partial charge in [-0.15, -0.1) is 11.3 Å². The minimum atomic E-state index is 0.0405. The SMILES string of the molecule is CC(C)c1noc([C@H](NCc2csc(C(C)(C)C)n2)C2CCOCC2)n1. The molecular weight excluding hydrogens is 348 g/mol. The van der Waals surface area contributed by atoms with Crippen molar-refractivity contribution in [1.82, 2.24) is 20.4 Å². The largest absolute Gasteiger partial charge is 0.381 e. The van der Waals surface area contributed by atoms with Crippen molar-refractivity contribution in [3.63, 3.8) is 0 Å². The van der Waals surface area contributed by atoms with E-state index in [0.29, 0.717) is 18.4 Å². The molecule has 144 valence electrons. The van der Waals surface area contributed by atoms with Crippen molar-refractivity contribution in [3.8, 4) is 0 Å². The molecule has 0 radical (unpaired) electrons. The van der Waals surface area contributed by atoms with Gasteiger partial charge in [-0.2, -0.15) is 4.98 Å². The predicted molar refractivity (Wildman–Crippen MR) is 102 cm³/mol. The normalized spacial score (nSPS) is 17.8. The average molecular weight is 379 g/mol. The van der Waals surface area contributed by atoms with Crippen LogP contribution >= 0.6 is 11.3 Å². The summed E-state index contributed by atoms with van der Waals surface area (Å²) in [7, 11) is 0. The van der Waals surface area contributed by atoms with E-state index >= 15 is 0 Å². The van der Waals surface area contributed by atoms with Gasteiger partial charge in [-0.3, -0.25) is 5.32 Å². The van der Waals surface area contributed by atoms with Crippen molar-refractivity contribution in [2.45, 2.75) is 71.4 Å². The molecule has 0 saturated carbocycles. The van der Waals surface area contributed by atoms with Crippen molar-refractivity contribution in [2.24, 2.45) is 5.92 Å². The molecule has 3 rings (SSSR count). The van der Waals surface area contributed by atoms with Crippen LogP contribution in [0.5, 0.6) is 0 Å². The van der Waals surface area contributed by atoms with Crippen LogP contribution in [-0.2, 0) is 16.7 Å². The second kappa shape index (κ2) is 8.15. The number of aromatic nitrogens is 3. The average Bonchev–Trinajstić information content (AvgIpc) is 3.25. The number of hydrogen-bond acceptors (Lipinski definition) is 7. The lowest BCUT2D eigenvalue weighted by Crippen LogP contribution is -2.32. The molecule has 0 aliphatic carbocycles. The quantitative estimate of drug-likeness (QED) is 0.812. The smallest absolute Gasteiger partial charge is 0.244 e. The monoisotopic (exact) mass is 378 g/mol. The maximum atomic E-state index is 5.61. The van der Waals surface area contributed by atoms with Gasteiger partial charge in [0, 0.05) is 36.5 Å². The first-order valence-corrected chi connectivity index (χ1v) is 10.3. The lowest BCUT2D eigenvalue weighted by molar-refractivity contribution is 0.0485. The molecule has 1 atom stereocenters.